The van der Waals surface area contributed by atoms with E-state index in [1.807, 2.05) is 16.7 Å². The van der Waals surface area contributed by atoms with Gasteiger partial charge >= 0.3 is 0 Å². The molecule has 2 aromatic carbocycles. The summed E-state index contributed by atoms with van der Waals surface area (Å²) in [6.07, 6.45) is 3.70. The molecule has 0 bridgehead atoms. The first-order valence-corrected chi connectivity index (χ1v) is 13.6. The number of phenols is 1. The summed E-state index contributed by atoms with van der Waals surface area (Å²) >= 11 is 9.83. The fourth-order valence-corrected chi connectivity index (χ4v) is 7.61. The fourth-order valence-electron chi connectivity index (χ4n) is 4.54. The number of hydrogen-bond acceptors (Lipinski definition) is 5. The Hall–Kier alpha value is -2.26. The molecule has 3 heterocycles. The Morgan fingerprint density at radius 3 is 2.64 bits per heavy atom. The van der Waals surface area contributed by atoms with Crippen molar-refractivity contribution in [1.29, 1.82) is 0 Å². The van der Waals surface area contributed by atoms with Crippen LogP contribution in [0.25, 0.3) is 11.8 Å². The van der Waals surface area contributed by atoms with Gasteiger partial charge in [0.2, 0.25) is 0 Å². The Morgan fingerprint density at radius 1 is 1.09 bits per heavy atom. The Balaban J connectivity index is 1.61. The third kappa shape index (κ3) is 3.51. The molecule has 0 spiro atoms. The van der Waals surface area contributed by atoms with Crippen molar-refractivity contribution in [3.8, 4) is 5.75 Å². The average Bonchev–Trinajstić information content (AvgIpc) is 3.45. The number of allylic oxidation sites excluding steroid dienone is 1. The number of phenolic OH excluding ortho intramolecular Hbond substituents is 1. The van der Waals surface area contributed by atoms with Gasteiger partial charge in [-0.05, 0) is 91.1 Å². The topological polar surface area (TPSA) is 54.6 Å². The van der Waals surface area contributed by atoms with Gasteiger partial charge in [0.05, 0.1) is 25.2 Å². The van der Waals surface area contributed by atoms with Gasteiger partial charge in [-0.15, -0.1) is 11.3 Å². The highest BCUT2D eigenvalue weighted by molar-refractivity contribution is 9.11. The summed E-state index contributed by atoms with van der Waals surface area (Å²) in [6, 6.07) is 16.1. The lowest BCUT2D eigenvalue weighted by Gasteiger charge is -2.30. The molecule has 0 saturated carbocycles. The van der Waals surface area contributed by atoms with Crippen LogP contribution in [0.4, 0.5) is 0 Å². The van der Waals surface area contributed by atoms with Crippen molar-refractivity contribution in [1.82, 2.24) is 4.57 Å². The molecule has 8 heteroatoms. The van der Waals surface area contributed by atoms with Gasteiger partial charge < -0.3 is 5.11 Å². The number of hydrogen-bond donors (Lipinski definition) is 1. The first kappa shape index (κ1) is 21.3. The average molecular weight is 600 g/mol. The number of aromatic hydroxyl groups is 1. The van der Waals surface area contributed by atoms with E-state index in [1.54, 1.807) is 23.5 Å². The molecule has 1 atom stereocenters. The highest BCUT2D eigenvalue weighted by atomic mass is 79.9. The molecule has 1 unspecified atom stereocenters. The molecule has 1 aliphatic heterocycles. The number of thiophene rings is 1. The minimum atomic E-state index is -0.134. The van der Waals surface area contributed by atoms with Crippen LogP contribution in [-0.4, -0.2) is 9.67 Å². The van der Waals surface area contributed by atoms with Crippen molar-refractivity contribution in [3.05, 3.63) is 110 Å². The van der Waals surface area contributed by atoms with Crippen molar-refractivity contribution in [2.75, 3.05) is 0 Å². The summed E-state index contributed by atoms with van der Waals surface area (Å²) in [5, 5.41) is 12.1. The third-order valence-corrected chi connectivity index (χ3v) is 9.14. The zero-order valence-electron chi connectivity index (χ0n) is 17.1. The molecule has 1 N–H and O–H groups in total. The van der Waals surface area contributed by atoms with Crippen molar-refractivity contribution in [2.24, 2.45) is 4.99 Å². The van der Waals surface area contributed by atoms with E-state index in [1.165, 1.54) is 28.0 Å². The highest BCUT2D eigenvalue weighted by Crippen LogP contribution is 2.42. The SMILES string of the molecule is O=c1c(=Cc2cc(Br)c(O)c(Br)c2)sc2n1C(c1cccs1)C1=C(N=2)c2ccccc2CC1. The Bertz CT molecular complexity index is 1610. The Kier molecular flexibility index (Phi) is 5.29. The van der Waals surface area contributed by atoms with Crippen molar-refractivity contribution in [3.63, 3.8) is 0 Å². The van der Waals surface area contributed by atoms with E-state index in [9.17, 15) is 9.90 Å². The van der Waals surface area contributed by atoms with Crippen molar-refractivity contribution < 1.29 is 5.11 Å². The predicted molar refractivity (Wildman–Crippen MR) is 141 cm³/mol. The predicted octanol–water partition coefficient (Wildman–Crippen LogP) is 5.61. The summed E-state index contributed by atoms with van der Waals surface area (Å²) in [6.45, 7) is 0. The molecule has 164 valence electrons. The lowest BCUT2D eigenvalue weighted by Crippen LogP contribution is -2.38. The number of rotatable bonds is 2. The number of nitrogens with zero attached hydrogens (tertiary/aromatic N) is 2. The van der Waals surface area contributed by atoms with Crippen LogP contribution in [0.1, 0.15) is 34.0 Å². The molecule has 0 amide bonds. The zero-order valence-corrected chi connectivity index (χ0v) is 21.9. The van der Waals surface area contributed by atoms with Gasteiger partial charge in [-0.3, -0.25) is 9.36 Å². The van der Waals surface area contributed by atoms with E-state index in [4.69, 9.17) is 4.99 Å². The van der Waals surface area contributed by atoms with Crippen LogP contribution in [0.3, 0.4) is 0 Å². The maximum atomic E-state index is 13.7. The van der Waals surface area contributed by atoms with Gasteiger partial charge in [-0.2, -0.15) is 0 Å². The van der Waals surface area contributed by atoms with E-state index in [-0.39, 0.29) is 17.4 Å². The van der Waals surface area contributed by atoms with E-state index in [0.29, 0.717) is 13.5 Å². The molecular weight excluding hydrogens is 584 g/mol. The standard InChI is InChI=1S/C25H16Br2N2O2S2/c26-17-10-13(11-18(27)23(17)30)12-20-24(31)29-22(19-6-3-9-32-19)16-8-7-14-4-1-2-5-15(14)21(16)28-25(29)33-20/h1-6,9-12,22,30H,7-8H2. The third-order valence-electron chi connectivity index (χ3n) is 6.02. The second-order valence-corrected chi connectivity index (χ2v) is 11.7. The van der Waals surface area contributed by atoms with Crippen LogP contribution < -0.4 is 14.9 Å². The van der Waals surface area contributed by atoms with Gasteiger partial charge in [0.1, 0.15) is 5.75 Å². The van der Waals surface area contributed by atoms with Crippen molar-refractivity contribution >= 4 is 66.3 Å². The van der Waals surface area contributed by atoms with Crippen molar-refractivity contribution in [2.45, 2.75) is 18.9 Å². The largest absolute Gasteiger partial charge is 0.506 e. The molecule has 0 saturated heterocycles. The minimum absolute atomic E-state index is 0.0390. The lowest BCUT2D eigenvalue weighted by atomic mass is 9.85. The Morgan fingerprint density at radius 2 is 1.88 bits per heavy atom. The molecule has 1 aliphatic carbocycles. The number of aromatic nitrogens is 1. The molecule has 33 heavy (non-hydrogen) atoms. The van der Waals surface area contributed by atoms with Crippen LogP contribution in [0.15, 0.2) is 78.2 Å². The molecule has 0 fully saturated rings. The quantitative estimate of drug-likeness (QED) is 0.326. The highest BCUT2D eigenvalue weighted by Gasteiger charge is 2.32. The minimum Gasteiger partial charge on any atom is -0.506 e. The van der Waals surface area contributed by atoms with E-state index >= 15 is 0 Å². The molecule has 2 aromatic heterocycles. The van der Waals surface area contributed by atoms with Crippen LogP contribution in [0.2, 0.25) is 0 Å². The summed E-state index contributed by atoms with van der Waals surface area (Å²) in [5.74, 6) is 0.137. The molecule has 6 rings (SSSR count). The van der Waals surface area contributed by atoms with E-state index in [0.717, 1.165) is 33.8 Å². The maximum Gasteiger partial charge on any atom is 0.271 e. The molecule has 2 aliphatic rings. The van der Waals surface area contributed by atoms with E-state index in [2.05, 4.69) is 67.6 Å². The number of fused-ring (bicyclic) bond motifs is 3. The fraction of sp³-hybridized carbons (Fsp3) is 0.120. The number of halogens is 2. The first-order valence-electron chi connectivity index (χ1n) is 10.4. The summed E-state index contributed by atoms with van der Waals surface area (Å²) in [7, 11) is 0. The van der Waals surface area contributed by atoms with Gasteiger partial charge in [-0.25, -0.2) is 4.99 Å². The second-order valence-electron chi connectivity index (χ2n) is 7.96. The molecule has 4 nitrogen and oxygen atoms in total. The van der Waals surface area contributed by atoms with E-state index < -0.39 is 0 Å². The van der Waals surface area contributed by atoms with Crippen LogP contribution in [-0.2, 0) is 6.42 Å². The van der Waals surface area contributed by atoms with Crippen LogP contribution in [0, 0.1) is 0 Å². The monoisotopic (exact) mass is 598 g/mol. The molecular formula is C25H16Br2N2O2S2. The van der Waals surface area contributed by atoms with Crippen LogP contribution in [0.5, 0.6) is 5.75 Å². The summed E-state index contributed by atoms with van der Waals surface area (Å²) < 4.78 is 3.62. The number of benzene rings is 2. The number of aryl methyl sites for hydroxylation is 1. The molecule has 4 aromatic rings. The van der Waals surface area contributed by atoms with Gasteiger partial charge in [-0.1, -0.05) is 41.7 Å². The summed E-state index contributed by atoms with van der Waals surface area (Å²) in [4.78, 5) is 20.6. The molecule has 0 radical (unpaired) electrons. The van der Waals surface area contributed by atoms with Crippen LogP contribution >= 0.6 is 54.5 Å². The smallest absolute Gasteiger partial charge is 0.271 e. The van der Waals surface area contributed by atoms with Gasteiger partial charge in [0.25, 0.3) is 5.56 Å². The van der Waals surface area contributed by atoms with Gasteiger partial charge in [0.15, 0.2) is 4.80 Å². The maximum absolute atomic E-state index is 13.7. The lowest BCUT2D eigenvalue weighted by molar-refractivity contribution is 0.468. The first-order chi connectivity index (χ1) is 16.0. The summed E-state index contributed by atoms with van der Waals surface area (Å²) in [5.41, 5.74) is 5.48. The zero-order chi connectivity index (χ0) is 22.7. The Labute approximate surface area is 214 Å². The number of thiazole rings is 1. The second kappa shape index (κ2) is 8.20. The normalized spacial score (nSPS) is 17.4. The van der Waals surface area contributed by atoms with Gasteiger partial charge in [0, 0.05) is 10.4 Å².